The molecule has 35 heavy (non-hydrogen) atoms. The first-order chi connectivity index (χ1) is 17.1. The number of ether oxygens (including phenoxy) is 2. The second-order valence-electron chi connectivity index (χ2n) is 8.24. The first-order valence-electron chi connectivity index (χ1n) is 11.7. The third-order valence-electron chi connectivity index (χ3n) is 5.58. The first-order valence-corrected chi connectivity index (χ1v) is 11.7. The molecule has 0 aliphatic rings. The third kappa shape index (κ3) is 6.69. The molecule has 3 aromatic carbocycles. The van der Waals surface area contributed by atoms with Gasteiger partial charge in [-0.2, -0.15) is 5.10 Å². The van der Waals surface area contributed by atoms with Gasteiger partial charge in [0, 0.05) is 11.9 Å². The predicted molar refractivity (Wildman–Crippen MR) is 136 cm³/mol. The number of nitrogens with one attached hydrogen (secondary N) is 1. The number of benzene rings is 3. The smallest absolute Gasteiger partial charge is 0.275 e. The molecule has 0 radical (unpaired) electrons. The Morgan fingerprint density at radius 3 is 2.26 bits per heavy atom. The van der Waals surface area contributed by atoms with Gasteiger partial charge >= 0.3 is 0 Å². The van der Waals surface area contributed by atoms with Crippen molar-refractivity contribution < 1.29 is 14.3 Å². The highest BCUT2D eigenvalue weighted by Gasteiger charge is 2.10. The largest absolute Gasteiger partial charge is 0.494 e. The predicted octanol–water partition coefficient (Wildman–Crippen LogP) is 4.26. The Morgan fingerprint density at radius 1 is 0.857 bits per heavy atom. The number of hydrogen-bond donors (Lipinski definition) is 1. The lowest BCUT2D eigenvalue weighted by atomic mass is 10.1. The van der Waals surface area contributed by atoms with E-state index in [1.54, 1.807) is 6.07 Å². The van der Waals surface area contributed by atoms with E-state index in [9.17, 15) is 9.59 Å². The van der Waals surface area contributed by atoms with Crippen LogP contribution >= 0.6 is 0 Å². The van der Waals surface area contributed by atoms with Gasteiger partial charge in [-0.15, -0.1) is 0 Å². The van der Waals surface area contributed by atoms with Crippen LogP contribution in [0.25, 0.3) is 10.8 Å². The van der Waals surface area contributed by atoms with E-state index in [2.05, 4.69) is 10.4 Å². The SMILES string of the molecule is Cc1nn(CC(=O)NCCCCOc2ccc(OCc3ccccc3)cc2)c(=O)c2ccccc12. The minimum Gasteiger partial charge on any atom is -0.494 e. The fraction of sp³-hybridized carbons (Fsp3) is 0.250. The summed E-state index contributed by atoms with van der Waals surface area (Å²) in [6.07, 6.45) is 1.56. The summed E-state index contributed by atoms with van der Waals surface area (Å²) in [6, 6.07) is 24.9. The fourth-order valence-corrected chi connectivity index (χ4v) is 3.72. The summed E-state index contributed by atoms with van der Waals surface area (Å²) in [6.45, 7) is 3.32. The molecule has 1 heterocycles. The van der Waals surface area contributed by atoms with Crippen molar-refractivity contribution in [2.45, 2.75) is 32.9 Å². The summed E-state index contributed by atoms with van der Waals surface area (Å²) < 4.78 is 12.8. The summed E-state index contributed by atoms with van der Waals surface area (Å²) >= 11 is 0. The molecule has 4 aromatic rings. The van der Waals surface area contributed by atoms with E-state index in [4.69, 9.17) is 9.47 Å². The van der Waals surface area contributed by atoms with E-state index in [0.717, 1.165) is 41.0 Å². The van der Waals surface area contributed by atoms with Crippen LogP contribution < -0.4 is 20.3 Å². The molecule has 0 atom stereocenters. The lowest BCUT2D eigenvalue weighted by Gasteiger charge is -2.10. The summed E-state index contributed by atoms with van der Waals surface area (Å²) in [5.41, 5.74) is 1.59. The average Bonchev–Trinajstić information content (AvgIpc) is 2.89. The number of rotatable bonds is 11. The van der Waals surface area contributed by atoms with Gasteiger partial charge in [-0.1, -0.05) is 48.5 Å². The van der Waals surface area contributed by atoms with Crippen LogP contribution in [0.15, 0.2) is 83.7 Å². The van der Waals surface area contributed by atoms with Gasteiger partial charge in [0.2, 0.25) is 5.91 Å². The molecule has 1 N–H and O–H groups in total. The first kappa shape index (κ1) is 24.0. The quantitative estimate of drug-likeness (QED) is 0.331. The van der Waals surface area contributed by atoms with E-state index in [1.807, 2.05) is 79.7 Å². The van der Waals surface area contributed by atoms with E-state index >= 15 is 0 Å². The molecule has 0 fully saturated rings. The van der Waals surface area contributed by atoms with Gasteiger partial charge < -0.3 is 14.8 Å². The van der Waals surface area contributed by atoms with Crippen LogP contribution in [0, 0.1) is 6.92 Å². The van der Waals surface area contributed by atoms with Crippen LogP contribution in [-0.4, -0.2) is 28.8 Å². The Hall–Kier alpha value is -4.13. The van der Waals surface area contributed by atoms with Crippen LogP contribution in [0.4, 0.5) is 0 Å². The summed E-state index contributed by atoms with van der Waals surface area (Å²) in [5, 5.41) is 8.51. The zero-order valence-corrected chi connectivity index (χ0v) is 19.8. The molecule has 180 valence electrons. The zero-order chi connectivity index (χ0) is 24.5. The van der Waals surface area contributed by atoms with Crippen LogP contribution in [-0.2, 0) is 17.9 Å². The minimum absolute atomic E-state index is 0.0975. The third-order valence-corrected chi connectivity index (χ3v) is 5.58. The Morgan fingerprint density at radius 2 is 1.51 bits per heavy atom. The number of amides is 1. The summed E-state index contributed by atoms with van der Waals surface area (Å²) in [4.78, 5) is 24.9. The van der Waals surface area contributed by atoms with Crippen LogP contribution in [0.3, 0.4) is 0 Å². The van der Waals surface area contributed by atoms with E-state index in [1.165, 1.54) is 4.68 Å². The van der Waals surface area contributed by atoms with Crippen molar-refractivity contribution in [3.63, 3.8) is 0 Å². The number of hydrogen-bond acceptors (Lipinski definition) is 5. The van der Waals surface area contributed by atoms with E-state index in [-0.39, 0.29) is 18.0 Å². The maximum atomic E-state index is 12.6. The molecule has 7 heteroatoms. The topological polar surface area (TPSA) is 82.5 Å². The van der Waals surface area contributed by atoms with Crippen LogP contribution in [0.2, 0.25) is 0 Å². The monoisotopic (exact) mass is 471 g/mol. The summed E-state index contributed by atoms with van der Waals surface area (Å²) in [5.74, 6) is 1.33. The molecule has 0 aliphatic heterocycles. The average molecular weight is 472 g/mol. The number of aryl methyl sites for hydroxylation is 1. The standard InChI is InChI=1S/C28H29N3O4/c1-21-25-11-5-6-12-26(25)28(33)31(30-21)19-27(32)29-17-7-8-18-34-23-13-15-24(16-14-23)35-20-22-9-3-2-4-10-22/h2-6,9-16H,7-8,17-20H2,1H3,(H,29,32). The van der Waals surface area contributed by atoms with Gasteiger partial charge in [-0.3, -0.25) is 9.59 Å². The molecule has 1 aromatic heterocycles. The lowest BCUT2D eigenvalue weighted by Crippen LogP contribution is -2.34. The Bertz CT molecular complexity index is 1320. The number of fused-ring (bicyclic) bond motifs is 1. The van der Waals surface area contributed by atoms with Gasteiger partial charge in [0.05, 0.1) is 17.7 Å². The molecule has 4 rings (SSSR count). The highest BCUT2D eigenvalue weighted by molar-refractivity contribution is 5.83. The highest BCUT2D eigenvalue weighted by atomic mass is 16.5. The number of unbranched alkanes of at least 4 members (excludes halogenated alkanes) is 1. The molecule has 7 nitrogen and oxygen atoms in total. The molecular formula is C28H29N3O4. The van der Waals surface area contributed by atoms with Crippen molar-refractivity contribution >= 4 is 16.7 Å². The van der Waals surface area contributed by atoms with Gasteiger partial charge in [-0.05, 0) is 55.7 Å². The van der Waals surface area contributed by atoms with Gasteiger partial charge in [-0.25, -0.2) is 4.68 Å². The molecule has 0 bridgehead atoms. The normalized spacial score (nSPS) is 10.8. The van der Waals surface area contributed by atoms with Crippen LogP contribution in [0.1, 0.15) is 24.1 Å². The number of carbonyl (C=O) groups is 1. The summed E-state index contributed by atoms with van der Waals surface area (Å²) in [7, 11) is 0. The van der Waals surface area contributed by atoms with Gasteiger partial charge in [0.15, 0.2) is 0 Å². The minimum atomic E-state index is -0.258. The highest BCUT2D eigenvalue weighted by Crippen LogP contribution is 2.19. The molecular weight excluding hydrogens is 442 g/mol. The number of nitrogens with zero attached hydrogens (tertiary/aromatic N) is 2. The van der Waals surface area contributed by atoms with E-state index in [0.29, 0.717) is 25.1 Å². The second kappa shape index (κ2) is 11.8. The molecule has 0 saturated carbocycles. The number of aromatic nitrogens is 2. The Kier molecular flexibility index (Phi) is 8.12. The molecule has 0 aliphatic carbocycles. The molecule has 0 unspecified atom stereocenters. The molecule has 1 amide bonds. The fourth-order valence-electron chi connectivity index (χ4n) is 3.72. The van der Waals surface area contributed by atoms with Crippen molar-refractivity contribution in [3.05, 3.63) is 100 Å². The lowest BCUT2D eigenvalue weighted by molar-refractivity contribution is -0.121. The molecule has 0 spiro atoms. The van der Waals surface area contributed by atoms with Crippen molar-refractivity contribution in [1.29, 1.82) is 0 Å². The van der Waals surface area contributed by atoms with Crippen molar-refractivity contribution in [3.8, 4) is 11.5 Å². The van der Waals surface area contributed by atoms with Gasteiger partial charge in [0.25, 0.3) is 5.56 Å². The number of carbonyl (C=O) groups excluding carboxylic acids is 1. The zero-order valence-electron chi connectivity index (χ0n) is 19.8. The van der Waals surface area contributed by atoms with Crippen molar-refractivity contribution in [2.75, 3.05) is 13.2 Å². The maximum absolute atomic E-state index is 12.6. The van der Waals surface area contributed by atoms with Crippen molar-refractivity contribution in [1.82, 2.24) is 15.1 Å². The van der Waals surface area contributed by atoms with Crippen molar-refractivity contribution in [2.24, 2.45) is 0 Å². The van der Waals surface area contributed by atoms with E-state index < -0.39 is 0 Å². The Labute approximate surface area is 204 Å². The second-order valence-corrected chi connectivity index (χ2v) is 8.24. The van der Waals surface area contributed by atoms with Gasteiger partial charge in [0.1, 0.15) is 24.7 Å². The Balaban J connectivity index is 1.14. The maximum Gasteiger partial charge on any atom is 0.275 e. The molecule has 0 saturated heterocycles. The van der Waals surface area contributed by atoms with Crippen LogP contribution in [0.5, 0.6) is 11.5 Å².